The minimum atomic E-state index is -0.354. The number of carbonyl (C=O) groups excluding carboxylic acids is 1. The molecule has 0 saturated heterocycles. The van der Waals surface area contributed by atoms with Gasteiger partial charge in [0.15, 0.2) is 5.71 Å². The third-order valence-corrected chi connectivity index (χ3v) is 3.08. The smallest absolute Gasteiger partial charge is 0.277 e. The average molecular weight is 326 g/mol. The fraction of sp³-hybridized carbons (Fsp3) is 0.316. The molecule has 0 aliphatic rings. The van der Waals surface area contributed by atoms with Crippen molar-refractivity contribution in [2.45, 2.75) is 27.2 Å². The third-order valence-electron chi connectivity index (χ3n) is 3.08. The van der Waals surface area contributed by atoms with Crippen LogP contribution in [-0.2, 0) is 4.79 Å². The molecule has 0 aromatic heterocycles. The Morgan fingerprint density at radius 2 is 1.92 bits per heavy atom. The van der Waals surface area contributed by atoms with Crippen molar-refractivity contribution in [3.8, 4) is 0 Å². The zero-order chi connectivity index (χ0) is 17.8. The molecule has 0 aliphatic heterocycles. The molecular formula is C19H26N4O. The highest BCUT2D eigenvalue weighted by Crippen LogP contribution is 2.06. The van der Waals surface area contributed by atoms with Gasteiger partial charge in [-0.2, -0.15) is 0 Å². The number of amidine groups is 1. The van der Waals surface area contributed by atoms with Crippen molar-refractivity contribution in [1.82, 2.24) is 0 Å². The summed E-state index contributed by atoms with van der Waals surface area (Å²) in [6, 6.07) is 9.21. The van der Waals surface area contributed by atoms with Crippen LogP contribution in [-0.4, -0.2) is 30.5 Å². The summed E-state index contributed by atoms with van der Waals surface area (Å²) in [5.41, 5.74) is 7.83. The van der Waals surface area contributed by atoms with Crippen molar-refractivity contribution in [1.29, 1.82) is 0 Å². The Morgan fingerprint density at radius 1 is 1.21 bits per heavy atom. The molecule has 5 nitrogen and oxygen atoms in total. The molecule has 1 aromatic rings. The van der Waals surface area contributed by atoms with Crippen LogP contribution in [0.4, 0.5) is 5.69 Å². The number of anilines is 1. The number of allylic oxidation sites excluding steroid dienone is 2. The summed E-state index contributed by atoms with van der Waals surface area (Å²) >= 11 is 0. The first kappa shape index (κ1) is 19.4. The summed E-state index contributed by atoms with van der Waals surface area (Å²) in [6.45, 7) is 6.75. The number of benzene rings is 1. The van der Waals surface area contributed by atoms with Crippen LogP contribution >= 0.6 is 0 Å². The Kier molecular flexibility index (Phi) is 8.82. The van der Waals surface area contributed by atoms with Crippen LogP contribution in [0, 0.1) is 0 Å². The van der Waals surface area contributed by atoms with E-state index in [1.54, 1.807) is 0 Å². The number of nitrogens with zero attached hydrogens (tertiary/aromatic N) is 2. The van der Waals surface area contributed by atoms with Gasteiger partial charge in [-0.05, 0) is 38.0 Å². The molecule has 24 heavy (non-hydrogen) atoms. The summed E-state index contributed by atoms with van der Waals surface area (Å²) in [6.07, 6.45) is 6.90. The van der Waals surface area contributed by atoms with E-state index in [2.05, 4.69) is 28.3 Å². The van der Waals surface area contributed by atoms with Crippen LogP contribution in [0.25, 0.3) is 0 Å². The summed E-state index contributed by atoms with van der Waals surface area (Å²) in [5, 5.41) is 2.80. The van der Waals surface area contributed by atoms with Crippen LogP contribution in [0.1, 0.15) is 27.2 Å². The topological polar surface area (TPSA) is 79.8 Å². The molecule has 128 valence electrons. The van der Waals surface area contributed by atoms with Gasteiger partial charge < -0.3 is 11.1 Å². The minimum absolute atomic E-state index is 0.155. The van der Waals surface area contributed by atoms with E-state index in [9.17, 15) is 4.79 Å². The van der Waals surface area contributed by atoms with Crippen LogP contribution < -0.4 is 11.1 Å². The summed E-state index contributed by atoms with van der Waals surface area (Å²) in [4.78, 5) is 21.0. The quantitative estimate of drug-likeness (QED) is 0.436. The number of rotatable bonds is 8. The van der Waals surface area contributed by atoms with Crippen molar-refractivity contribution < 1.29 is 4.79 Å². The predicted molar refractivity (Wildman–Crippen MR) is 103 cm³/mol. The molecular weight excluding hydrogens is 300 g/mol. The van der Waals surface area contributed by atoms with Crippen molar-refractivity contribution in [3.63, 3.8) is 0 Å². The monoisotopic (exact) mass is 326 g/mol. The first-order chi connectivity index (χ1) is 11.6. The van der Waals surface area contributed by atoms with E-state index in [0.717, 1.165) is 12.0 Å². The molecule has 0 radical (unpaired) electrons. The molecule has 1 amide bonds. The van der Waals surface area contributed by atoms with Gasteiger partial charge in [-0.25, -0.2) is 0 Å². The normalized spacial score (nSPS) is 13.4. The highest BCUT2D eigenvalue weighted by atomic mass is 16.1. The molecule has 3 N–H and O–H groups in total. The largest absolute Gasteiger partial charge is 0.382 e. The van der Waals surface area contributed by atoms with Crippen LogP contribution in [0.5, 0.6) is 0 Å². The maximum absolute atomic E-state index is 12.5. The van der Waals surface area contributed by atoms with Gasteiger partial charge in [0, 0.05) is 12.2 Å². The number of hydrogen-bond donors (Lipinski definition) is 2. The first-order valence-corrected chi connectivity index (χ1v) is 8.15. The second-order valence-corrected chi connectivity index (χ2v) is 5.03. The van der Waals surface area contributed by atoms with E-state index in [4.69, 9.17) is 5.73 Å². The summed E-state index contributed by atoms with van der Waals surface area (Å²) in [7, 11) is 0. The van der Waals surface area contributed by atoms with Gasteiger partial charge in [0.1, 0.15) is 5.84 Å². The SMILES string of the molecule is C/C=C\C(=C/CC)CN=C(C(=O)Nc1ccccc1)C(N)=NCC. The van der Waals surface area contributed by atoms with Crippen LogP contribution in [0.15, 0.2) is 64.1 Å². The molecule has 0 bridgehead atoms. The number of amides is 1. The van der Waals surface area contributed by atoms with Crippen molar-refractivity contribution in [2.75, 3.05) is 18.4 Å². The zero-order valence-corrected chi connectivity index (χ0v) is 14.6. The van der Waals surface area contributed by atoms with Gasteiger partial charge in [0.2, 0.25) is 0 Å². The molecule has 0 atom stereocenters. The van der Waals surface area contributed by atoms with Crippen LogP contribution in [0.3, 0.4) is 0 Å². The zero-order valence-electron chi connectivity index (χ0n) is 14.6. The van der Waals surface area contributed by atoms with Gasteiger partial charge in [-0.15, -0.1) is 0 Å². The van der Waals surface area contributed by atoms with E-state index in [1.807, 2.05) is 56.3 Å². The third kappa shape index (κ3) is 6.60. The number of nitrogens with one attached hydrogen (secondary N) is 1. The molecule has 0 saturated carbocycles. The van der Waals surface area contributed by atoms with Gasteiger partial charge in [-0.3, -0.25) is 14.8 Å². The predicted octanol–water partition coefficient (Wildman–Crippen LogP) is 3.36. The number of aliphatic imine (C=N–C) groups is 2. The Bertz CT molecular complexity index is 643. The Balaban J connectivity index is 3.03. The van der Waals surface area contributed by atoms with Crippen LogP contribution in [0.2, 0.25) is 0 Å². The van der Waals surface area contributed by atoms with E-state index in [0.29, 0.717) is 18.8 Å². The molecule has 5 heteroatoms. The second-order valence-electron chi connectivity index (χ2n) is 5.03. The van der Waals surface area contributed by atoms with Gasteiger partial charge in [0.05, 0.1) is 6.54 Å². The lowest BCUT2D eigenvalue weighted by Crippen LogP contribution is -2.35. The Morgan fingerprint density at radius 3 is 2.50 bits per heavy atom. The minimum Gasteiger partial charge on any atom is -0.382 e. The van der Waals surface area contributed by atoms with E-state index < -0.39 is 0 Å². The van der Waals surface area contributed by atoms with E-state index in [-0.39, 0.29) is 17.5 Å². The standard InChI is InChI=1S/C19H26N4O/c1-4-10-15(11-5-2)14-22-17(18(20)21-6-3)19(24)23-16-12-8-7-9-13-16/h4,7-13H,5-6,14H2,1-3H3,(H2,20,21)(H,23,24)/b10-4-,15-11+,22-17?. The fourth-order valence-electron chi connectivity index (χ4n) is 2.06. The number of para-hydroxylation sites is 1. The Labute approximate surface area is 144 Å². The molecule has 0 aliphatic carbocycles. The molecule has 0 unspecified atom stereocenters. The highest BCUT2D eigenvalue weighted by Gasteiger charge is 2.15. The second kappa shape index (κ2) is 10.9. The van der Waals surface area contributed by atoms with Crippen molar-refractivity contribution in [2.24, 2.45) is 15.7 Å². The lowest BCUT2D eigenvalue weighted by Gasteiger charge is -2.08. The first-order valence-electron chi connectivity index (χ1n) is 8.15. The number of hydrogen-bond acceptors (Lipinski definition) is 3. The molecule has 1 aromatic carbocycles. The van der Waals surface area contributed by atoms with Crippen molar-refractivity contribution in [3.05, 3.63) is 54.1 Å². The maximum atomic E-state index is 12.5. The van der Waals surface area contributed by atoms with Gasteiger partial charge in [-0.1, -0.05) is 43.4 Å². The maximum Gasteiger partial charge on any atom is 0.277 e. The summed E-state index contributed by atoms with van der Waals surface area (Å²) < 4.78 is 0. The fourth-order valence-corrected chi connectivity index (χ4v) is 2.06. The summed E-state index contributed by atoms with van der Waals surface area (Å²) in [5.74, 6) is -0.200. The van der Waals surface area contributed by atoms with Crippen molar-refractivity contribution >= 4 is 23.1 Å². The molecule has 0 spiro atoms. The number of carbonyl (C=O) groups is 1. The lowest BCUT2D eigenvalue weighted by molar-refractivity contribution is -0.110. The average Bonchev–Trinajstić information content (AvgIpc) is 2.56. The van der Waals surface area contributed by atoms with E-state index in [1.165, 1.54) is 0 Å². The number of nitrogens with two attached hydrogens (primary N) is 1. The highest BCUT2D eigenvalue weighted by molar-refractivity contribution is 6.68. The van der Waals surface area contributed by atoms with E-state index >= 15 is 0 Å². The molecule has 1 rings (SSSR count). The van der Waals surface area contributed by atoms with Gasteiger partial charge in [0.25, 0.3) is 5.91 Å². The Hall–Kier alpha value is -2.69. The molecule has 0 fully saturated rings. The molecule has 0 heterocycles. The van der Waals surface area contributed by atoms with Gasteiger partial charge >= 0.3 is 0 Å². The lowest BCUT2D eigenvalue weighted by atomic mass is 10.2.